The van der Waals surface area contributed by atoms with Gasteiger partial charge < -0.3 is 9.47 Å². The van der Waals surface area contributed by atoms with Crippen molar-refractivity contribution < 1.29 is 19.1 Å². The van der Waals surface area contributed by atoms with Crippen molar-refractivity contribution in [1.29, 1.82) is 5.26 Å². The van der Waals surface area contributed by atoms with Gasteiger partial charge in [0.2, 0.25) is 11.6 Å². The number of anilines is 1. The van der Waals surface area contributed by atoms with E-state index in [0.29, 0.717) is 11.3 Å². The molecule has 0 fully saturated rings. The number of amides is 2. The molecule has 3 N–H and O–H groups in total. The van der Waals surface area contributed by atoms with Crippen molar-refractivity contribution in [2.24, 2.45) is 5.10 Å². The summed E-state index contributed by atoms with van der Waals surface area (Å²) in [5.74, 6) is -0.633. The van der Waals surface area contributed by atoms with Crippen LogP contribution in [0.1, 0.15) is 32.3 Å². The molecule has 0 saturated heterocycles. The first-order valence-electron chi connectivity index (χ1n) is 9.04. The number of carbonyl (C=O) groups is 2. The van der Waals surface area contributed by atoms with Gasteiger partial charge in [0.05, 0.1) is 17.3 Å². The van der Waals surface area contributed by atoms with Crippen LogP contribution in [0.25, 0.3) is 0 Å². The number of alkyl carbamates (subject to hydrolysis) is 1. The Balaban J connectivity index is 2.12. The normalized spacial score (nSPS) is 10.9. The van der Waals surface area contributed by atoms with Crippen LogP contribution in [-0.4, -0.2) is 34.5 Å². The zero-order chi connectivity index (χ0) is 23.0. The molecule has 0 atom stereocenters. The van der Waals surface area contributed by atoms with Crippen LogP contribution in [0.5, 0.6) is 11.6 Å². The monoisotopic (exact) mass is 446 g/mol. The molecule has 2 amide bonds. The first-order chi connectivity index (χ1) is 14.7. The van der Waals surface area contributed by atoms with Crippen LogP contribution >= 0.6 is 11.6 Å². The highest BCUT2D eigenvalue weighted by Crippen LogP contribution is 2.31. The van der Waals surface area contributed by atoms with Crippen LogP contribution in [0, 0.1) is 11.3 Å². The molecule has 0 aliphatic carbocycles. The van der Waals surface area contributed by atoms with Gasteiger partial charge >= 0.3 is 6.09 Å². The molecular weight excluding hydrogens is 428 g/mol. The Labute approximate surface area is 182 Å². The minimum absolute atomic E-state index is 0.0237. The number of rotatable bonds is 7. The highest BCUT2D eigenvalue weighted by atomic mass is 35.5. The second-order valence-electron chi connectivity index (χ2n) is 6.25. The number of hydrazone groups is 1. The predicted octanol–water partition coefficient (Wildman–Crippen LogP) is 2.90. The Hall–Kier alpha value is -3.91. The van der Waals surface area contributed by atoms with Gasteiger partial charge in [0.1, 0.15) is 11.8 Å². The number of imide groups is 1. The van der Waals surface area contributed by atoms with Crippen molar-refractivity contribution in [3.05, 3.63) is 45.2 Å². The van der Waals surface area contributed by atoms with Gasteiger partial charge in [-0.05, 0) is 31.0 Å². The molecule has 1 aromatic carbocycles. The summed E-state index contributed by atoms with van der Waals surface area (Å²) in [4.78, 5) is 34.9. The molecule has 11 nitrogen and oxygen atoms in total. The number of nitrogens with zero attached hydrogens (tertiary/aromatic N) is 3. The number of hydrogen-bond donors (Lipinski definition) is 3. The fourth-order valence-electron chi connectivity index (χ4n) is 2.21. The van der Waals surface area contributed by atoms with Crippen molar-refractivity contribution in [3.63, 3.8) is 0 Å². The van der Waals surface area contributed by atoms with E-state index < -0.39 is 17.7 Å². The third kappa shape index (κ3) is 6.55. The molecule has 0 saturated carbocycles. The average Bonchev–Trinajstić information content (AvgIpc) is 2.71. The first kappa shape index (κ1) is 23.4. The van der Waals surface area contributed by atoms with Gasteiger partial charge in [-0.3, -0.25) is 20.3 Å². The Morgan fingerprint density at radius 2 is 2.10 bits per heavy atom. The summed E-state index contributed by atoms with van der Waals surface area (Å²) < 4.78 is 10.2. The summed E-state index contributed by atoms with van der Waals surface area (Å²) in [6.07, 6.45) is -0.989. The largest absolute Gasteiger partial charge is 0.450 e. The molecule has 2 rings (SSSR count). The van der Waals surface area contributed by atoms with Crippen LogP contribution in [0.4, 0.5) is 10.5 Å². The van der Waals surface area contributed by atoms with E-state index in [9.17, 15) is 14.4 Å². The number of ether oxygens (including phenoxy) is 2. The van der Waals surface area contributed by atoms with Crippen molar-refractivity contribution in [2.45, 2.75) is 26.7 Å². The van der Waals surface area contributed by atoms with Crippen molar-refractivity contribution in [3.8, 4) is 17.7 Å². The highest BCUT2D eigenvalue weighted by Gasteiger charge is 2.16. The number of hydrogen-bond acceptors (Lipinski definition) is 9. The number of nitrogens with one attached hydrogen (secondary N) is 3. The molecule has 2 aromatic rings. The van der Waals surface area contributed by atoms with Crippen LogP contribution in [0.2, 0.25) is 5.02 Å². The number of halogens is 1. The van der Waals surface area contributed by atoms with E-state index in [0.717, 1.165) is 0 Å². The standard InChI is InChI=1S/C19H19ClN6O5/c1-4-30-19(29)22-18(28)14(9-21)24-23-11-5-6-15(13(20)7-11)31-16-8-12(10(2)3)17(27)26-25-16/h5-8,10,23H,4H2,1-3H3,(H,26,27)(H,22,28,29)/b24-14-. The number of H-pyrrole nitrogens is 1. The number of carbonyl (C=O) groups excluding carboxylic acids is 2. The highest BCUT2D eigenvalue weighted by molar-refractivity contribution is 6.46. The number of aromatic amines is 1. The quantitative estimate of drug-likeness (QED) is 0.432. The lowest BCUT2D eigenvalue weighted by molar-refractivity contribution is -0.114. The average molecular weight is 447 g/mol. The van der Waals surface area contributed by atoms with Gasteiger partial charge in [-0.2, -0.15) is 10.4 Å². The molecule has 0 spiro atoms. The fourth-order valence-corrected chi connectivity index (χ4v) is 2.43. The van der Waals surface area contributed by atoms with E-state index in [2.05, 4.69) is 25.5 Å². The zero-order valence-corrected chi connectivity index (χ0v) is 17.6. The molecule has 0 aliphatic rings. The van der Waals surface area contributed by atoms with E-state index in [1.165, 1.54) is 24.3 Å². The van der Waals surface area contributed by atoms with Gasteiger partial charge in [0.15, 0.2) is 0 Å². The molecule has 0 unspecified atom stereocenters. The third-order valence-corrected chi connectivity index (χ3v) is 3.98. The predicted molar refractivity (Wildman–Crippen MR) is 112 cm³/mol. The molecule has 162 valence electrons. The van der Waals surface area contributed by atoms with Crippen LogP contribution in [0.3, 0.4) is 0 Å². The molecule has 31 heavy (non-hydrogen) atoms. The molecule has 0 bridgehead atoms. The molecule has 0 aliphatic heterocycles. The fraction of sp³-hybridized carbons (Fsp3) is 0.263. The Kier molecular flexibility index (Phi) is 8.10. The van der Waals surface area contributed by atoms with Crippen molar-refractivity contribution in [2.75, 3.05) is 12.0 Å². The second-order valence-corrected chi connectivity index (χ2v) is 6.66. The molecule has 1 aromatic heterocycles. The molecule has 0 radical (unpaired) electrons. The third-order valence-electron chi connectivity index (χ3n) is 3.69. The SMILES string of the molecule is CCOC(=O)NC(=O)/C(C#N)=N\Nc1ccc(Oc2cc(C(C)C)c(=O)[nH]n2)c(Cl)c1. The molecule has 1 heterocycles. The Morgan fingerprint density at radius 3 is 2.71 bits per heavy atom. The van der Waals surface area contributed by atoms with Gasteiger partial charge in [-0.25, -0.2) is 9.89 Å². The minimum atomic E-state index is -1.02. The van der Waals surface area contributed by atoms with Crippen LogP contribution < -0.4 is 21.0 Å². The van der Waals surface area contributed by atoms with Crippen LogP contribution in [-0.2, 0) is 9.53 Å². The lowest BCUT2D eigenvalue weighted by atomic mass is 10.1. The maximum absolute atomic E-state index is 11.8. The van der Waals surface area contributed by atoms with Crippen molar-refractivity contribution >= 4 is 35.0 Å². The lowest BCUT2D eigenvalue weighted by Crippen LogP contribution is -2.36. The van der Waals surface area contributed by atoms with Gasteiger partial charge in [-0.1, -0.05) is 25.4 Å². The summed E-state index contributed by atoms with van der Waals surface area (Å²) >= 11 is 6.21. The van der Waals surface area contributed by atoms with Crippen LogP contribution in [0.15, 0.2) is 34.2 Å². The van der Waals surface area contributed by atoms with E-state index in [-0.39, 0.29) is 34.7 Å². The van der Waals surface area contributed by atoms with E-state index in [1.807, 2.05) is 19.2 Å². The number of nitriles is 1. The smallest absolute Gasteiger partial charge is 0.414 e. The first-order valence-corrected chi connectivity index (χ1v) is 9.41. The summed E-state index contributed by atoms with van der Waals surface area (Å²) in [6, 6.07) is 7.57. The second kappa shape index (κ2) is 10.7. The topological polar surface area (TPSA) is 159 Å². The Bertz CT molecular complexity index is 1110. The van der Waals surface area contributed by atoms with Gasteiger partial charge in [0.25, 0.3) is 11.5 Å². The van der Waals surface area contributed by atoms with Gasteiger partial charge in [0, 0.05) is 11.6 Å². The summed E-state index contributed by atoms with van der Waals surface area (Å²) in [7, 11) is 0. The van der Waals surface area contributed by atoms with E-state index >= 15 is 0 Å². The Morgan fingerprint density at radius 1 is 1.35 bits per heavy atom. The van der Waals surface area contributed by atoms with Crippen molar-refractivity contribution in [1.82, 2.24) is 15.5 Å². The summed E-state index contributed by atoms with van der Waals surface area (Å²) in [5.41, 5.74) is 2.45. The van der Waals surface area contributed by atoms with E-state index in [1.54, 1.807) is 13.0 Å². The van der Waals surface area contributed by atoms with Gasteiger partial charge in [-0.15, -0.1) is 5.10 Å². The molecular formula is C19H19ClN6O5. The zero-order valence-electron chi connectivity index (χ0n) is 16.9. The van der Waals surface area contributed by atoms with E-state index in [4.69, 9.17) is 21.6 Å². The summed E-state index contributed by atoms with van der Waals surface area (Å²) in [5, 5.41) is 20.9. The number of benzene rings is 1. The number of aromatic nitrogens is 2. The maximum Gasteiger partial charge on any atom is 0.414 e. The maximum atomic E-state index is 11.8. The minimum Gasteiger partial charge on any atom is -0.450 e. The molecule has 12 heteroatoms. The summed E-state index contributed by atoms with van der Waals surface area (Å²) in [6.45, 7) is 5.37. The lowest BCUT2D eigenvalue weighted by Gasteiger charge is -2.10.